The molecule has 54 valence electrons. The van der Waals surface area contributed by atoms with Crippen molar-refractivity contribution in [1.82, 2.24) is 15.6 Å². The fourth-order valence-electron chi connectivity index (χ4n) is 0.432. The summed E-state index contributed by atoms with van der Waals surface area (Å²) in [5.41, 5.74) is 0.00386. The maximum atomic E-state index is 10.7. The number of hydrogen-bond donors (Lipinski definition) is 1. The number of rotatable bonds is 1. The van der Waals surface area contributed by atoms with Crippen molar-refractivity contribution in [2.24, 2.45) is 0 Å². The second-order valence-corrected chi connectivity index (χ2v) is 1.84. The Labute approximate surface area is 61.3 Å². The van der Waals surface area contributed by atoms with Crippen LogP contribution in [0.2, 0.25) is 5.15 Å². The van der Waals surface area contributed by atoms with Gasteiger partial charge < -0.3 is 5.32 Å². The van der Waals surface area contributed by atoms with Crippen LogP contribution in [0.4, 0.5) is 0 Å². The van der Waals surface area contributed by atoms with E-state index in [2.05, 4.69) is 20.3 Å². The lowest BCUT2D eigenvalue weighted by atomic mass is 10.4. The molecule has 0 spiro atoms. The molecule has 1 rings (SSSR count). The van der Waals surface area contributed by atoms with E-state index in [0.717, 1.165) is 0 Å². The smallest absolute Gasteiger partial charge is 0.276 e. The molecule has 0 saturated heterocycles. The zero-order valence-corrected chi connectivity index (χ0v) is 5.84. The van der Waals surface area contributed by atoms with Crippen LogP contribution < -0.4 is 5.32 Å². The first-order valence-electron chi connectivity index (χ1n) is 2.46. The van der Waals surface area contributed by atoms with Gasteiger partial charge in [-0.2, -0.15) is 0 Å². The molecule has 0 unspecified atom stereocenters. The molecule has 0 aliphatic rings. The van der Waals surface area contributed by atoms with E-state index in [4.69, 9.17) is 11.6 Å². The van der Waals surface area contributed by atoms with E-state index in [1.807, 2.05) is 0 Å². The third kappa shape index (κ3) is 1.08. The van der Waals surface area contributed by atoms with Gasteiger partial charge in [-0.05, 0) is 10.3 Å². The number of aromatic nitrogens is 2. The fourth-order valence-corrected chi connectivity index (χ4v) is 0.583. The summed E-state index contributed by atoms with van der Waals surface area (Å²) in [6.07, 6.45) is 0. The van der Waals surface area contributed by atoms with E-state index in [9.17, 15) is 4.79 Å². The molecule has 0 radical (unpaired) electrons. The van der Waals surface area contributed by atoms with Crippen LogP contribution in [0.5, 0.6) is 0 Å². The van der Waals surface area contributed by atoms with Crippen LogP contribution in [0.3, 0.4) is 0 Å². The van der Waals surface area contributed by atoms with Crippen LogP contribution in [-0.2, 0) is 0 Å². The van der Waals surface area contributed by atoms with E-state index >= 15 is 0 Å². The molecule has 0 bridgehead atoms. The molecule has 5 nitrogen and oxygen atoms in total. The van der Waals surface area contributed by atoms with Crippen molar-refractivity contribution in [3.63, 3.8) is 0 Å². The lowest BCUT2D eigenvalue weighted by molar-refractivity contribution is 0.0953. The Kier molecular flexibility index (Phi) is 1.86. The van der Waals surface area contributed by atoms with Crippen molar-refractivity contribution >= 4 is 17.5 Å². The molecule has 10 heavy (non-hydrogen) atoms. The molecule has 0 aromatic carbocycles. The summed E-state index contributed by atoms with van der Waals surface area (Å²) in [4.78, 5) is 10.7. The molecule has 6 heteroatoms. The van der Waals surface area contributed by atoms with Crippen LogP contribution in [0.1, 0.15) is 10.5 Å². The molecular formula is C4H4ClN3O2. The molecule has 1 aromatic heterocycles. The normalized spacial score (nSPS) is 9.40. The van der Waals surface area contributed by atoms with Gasteiger partial charge in [0, 0.05) is 7.05 Å². The molecular weight excluding hydrogens is 158 g/mol. The SMILES string of the molecule is CNC(=O)c1nonc1Cl. The number of nitrogens with one attached hydrogen (secondary N) is 1. The van der Waals surface area contributed by atoms with Gasteiger partial charge in [0.15, 0.2) is 0 Å². The van der Waals surface area contributed by atoms with Crippen molar-refractivity contribution in [3.05, 3.63) is 10.8 Å². The van der Waals surface area contributed by atoms with Crippen molar-refractivity contribution < 1.29 is 9.42 Å². The van der Waals surface area contributed by atoms with E-state index in [1.54, 1.807) is 0 Å². The second kappa shape index (κ2) is 2.66. The topological polar surface area (TPSA) is 68.0 Å². The number of amides is 1. The highest BCUT2D eigenvalue weighted by molar-refractivity contribution is 6.32. The largest absolute Gasteiger partial charge is 0.354 e. The highest BCUT2D eigenvalue weighted by atomic mass is 35.5. The van der Waals surface area contributed by atoms with Crippen LogP contribution >= 0.6 is 11.6 Å². The number of hydrogen-bond acceptors (Lipinski definition) is 4. The highest BCUT2D eigenvalue weighted by Gasteiger charge is 2.13. The van der Waals surface area contributed by atoms with E-state index in [1.165, 1.54) is 7.05 Å². The van der Waals surface area contributed by atoms with E-state index in [-0.39, 0.29) is 10.8 Å². The average Bonchev–Trinajstić information content (AvgIpc) is 2.34. The average molecular weight is 162 g/mol. The van der Waals surface area contributed by atoms with Crippen molar-refractivity contribution in [2.45, 2.75) is 0 Å². The molecule has 1 N–H and O–H groups in total. The minimum absolute atomic E-state index is 0.00386. The number of carbonyl (C=O) groups excluding carboxylic acids is 1. The maximum absolute atomic E-state index is 10.7. The molecule has 0 saturated carbocycles. The van der Waals surface area contributed by atoms with Crippen molar-refractivity contribution in [1.29, 1.82) is 0 Å². The third-order valence-corrected chi connectivity index (χ3v) is 1.14. The van der Waals surface area contributed by atoms with E-state index < -0.39 is 5.91 Å². The van der Waals surface area contributed by atoms with Gasteiger partial charge in [0.2, 0.25) is 10.8 Å². The van der Waals surface area contributed by atoms with Gasteiger partial charge in [-0.1, -0.05) is 11.6 Å². The van der Waals surface area contributed by atoms with E-state index in [0.29, 0.717) is 0 Å². The highest BCUT2D eigenvalue weighted by Crippen LogP contribution is 2.07. The summed E-state index contributed by atoms with van der Waals surface area (Å²) >= 11 is 5.39. The Morgan fingerprint density at radius 3 is 2.80 bits per heavy atom. The number of nitrogens with zero attached hydrogens (tertiary/aromatic N) is 2. The summed E-state index contributed by atoms with van der Waals surface area (Å²) < 4.78 is 4.18. The summed E-state index contributed by atoms with van der Waals surface area (Å²) in [5.74, 6) is -0.411. The van der Waals surface area contributed by atoms with Gasteiger partial charge in [0.05, 0.1) is 0 Å². The maximum Gasteiger partial charge on any atom is 0.276 e. The van der Waals surface area contributed by atoms with Gasteiger partial charge in [-0.3, -0.25) is 4.79 Å². The molecule has 0 aliphatic carbocycles. The van der Waals surface area contributed by atoms with Crippen molar-refractivity contribution in [2.75, 3.05) is 7.05 Å². The lowest BCUT2D eigenvalue weighted by Crippen LogP contribution is -2.18. The zero-order valence-electron chi connectivity index (χ0n) is 5.09. The number of halogens is 1. The first-order chi connectivity index (χ1) is 4.75. The Bertz CT molecular complexity index is 246. The quantitative estimate of drug-likeness (QED) is 0.634. The molecule has 1 amide bonds. The summed E-state index contributed by atoms with van der Waals surface area (Å²) in [6, 6.07) is 0. The molecule has 0 aliphatic heterocycles. The lowest BCUT2D eigenvalue weighted by Gasteiger charge is -1.89. The predicted molar refractivity (Wildman–Crippen MR) is 32.7 cm³/mol. The summed E-state index contributed by atoms with van der Waals surface area (Å²) in [5, 5.41) is 8.75. The molecule has 1 aromatic rings. The standard InChI is InChI=1S/C4H4ClN3O2/c1-6-4(9)2-3(5)8-10-7-2/h1H3,(H,6,9). The minimum Gasteiger partial charge on any atom is -0.354 e. The summed E-state index contributed by atoms with van der Waals surface area (Å²) in [6.45, 7) is 0. The predicted octanol–water partition coefficient (Wildman–Crippen LogP) is 0.0826. The van der Waals surface area contributed by atoms with Gasteiger partial charge in [0.1, 0.15) is 0 Å². The Hall–Kier alpha value is -1.10. The zero-order chi connectivity index (χ0) is 7.56. The monoisotopic (exact) mass is 161 g/mol. The second-order valence-electron chi connectivity index (χ2n) is 1.48. The van der Waals surface area contributed by atoms with Gasteiger partial charge in [-0.15, -0.1) is 0 Å². The van der Waals surface area contributed by atoms with Gasteiger partial charge >= 0.3 is 0 Å². The van der Waals surface area contributed by atoms with Crippen LogP contribution in [0.25, 0.3) is 0 Å². The first kappa shape index (κ1) is 7.01. The Balaban J connectivity index is 2.93. The number of carbonyl (C=O) groups is 1. The van der Waals surface area contributed by atoms with Gasteiger partial charge in [0.25, 0.3) is 5.91 Å². The molecule has 0 atom stereocenters. The third-order valence-electron chi connectivity index (χ3n) is 0.891. The van der Waals surface area contributed by atoms with Crippen molar-refractivity contribution in [3.8, 4) is 0 Å². The fraction of sp³-hybridized carbons (Fsp3) is 0.250. The minimum atomic E-state index is -0.411. The molecule has 0 fully saturated rings. The van der Waals surface area contributed by atoms with Crippen LogP contribution in [0.15, 0.2) is 4.63 Å². The summed E-state index contributed by atoms with van der Waals surface area (Å²) in [7, 11) is 1.47. The Morgan fingerprint density at radius 1 is 1.70 bits per heavy atom. The first-order valence-corrected chi connectivity index (χ1v) is 2.83. The van der Waals surface area contributed by atoms with Crippen LogP contribution in [0, 0.1) is 0 Å². The van der Waals surface area contributed by atoms with Gasteiger partial charge in [-0.25, -0.2) is 4.63 Å². The molecule has 1 heterocycles. The van der Waals surface area contributed by atoms with Crippen LogP contribution in [-0.4, -0.2) is 23.3 Å². The Morgan fingerprint density at radius 2 is 2.40 bits per heavy atom.